The highest BCUT2D eigenvalue weighted by Gasteiger charge is 2.05. The quantitative estimate of drug-likeness (QED) is 0.617. The molecule has 0 aliphatic rings. The van der Waals surface area contributed by atoms with Crippen LogP contribution in [-0.4, -0.2) is 0 Å². The van der Waals surface area contributed by atoms with Crippen molar-refractivity contribution in [1.82, 2.24) is 0 Å². The maximum atomic E-state index is 5.52. The Bertz CT molecular complexity index is 486. The molecule has 1 heteroatoms. The van der Waals surface area contributed by atoms with Gasteiger partial charge in [-0.15, -0.1) is 6.42 Å². The van der Waals surface area contributed by atoms with Gasteiger partial charge in [0.2, 0.25) is 0 Å². The zero-order valence-corrected chi connectivity index (χ0v) is 7.95. The lowest BCUT2D eigenvalue weighted by Crippen LogP contribution is -1.80. The third-order valence-electron chi connectivity index (χ3n) is 2.09. The molecule has 0 atom stereocenters. The van der Waals surface area contributed by atoms with Crippen molar-refractivity contribution in [2.24, 2.45) is 0 Å². The molecule has 14 heavy (non-hydrogen) atoms. The molecule has 0 bridgehead atoms. The predicted octanol–water partition coefficient (Wildman–Crippen LogP) is 3.24. The standard InChI is InChI=1S/C13H10O/c1-3-11-6-4-5-7-12(11)13-9-8-10(2)14-13/h1,4-9H,2H3. The van der Waals surface area contributed by atoms with Crippen LogP contribution in [0.25, 0.3) is 11.3 Å². The molecule has 0 amide bonds. The van der Waals surface area contributed by atoms with Crippen molar-refractivity contribution in [1.29, 1.82) is 0 Å². The summed E-state index contributed by atoms with van der Waals surface area (Å²) in [6.07, 6.45) is 5.40. The van der Waals surface area contributed by atoms with E-state index in [1.54, 1.807) is 0 Å². The fraction of sp³-hybridized carbons (Fsp3) is 0.0769. The maximum Gasteiger partial charge on any atom is 0.135 e. The Labute approximate surface area is 83.4 Å². The molecule has 0 aliphatic carbocycles. The van der Waals surface area contributed by atoms with Crippen LogP contribution in [0.1, 0.15) is 11.3 Å². The van der Waals surface area contributed by atoms with E-state index in [-0.39, 0.29) is 0 Å². The van der Waals surface area contributed by atoms with Crippen LogP contribution in [0.2, 0.25) is 0 Å². The Balaban J connectivity index is 2.57. The van der Waals surface area contributed by atoms with Gasteiger partial charge in [-0.2, -0.15) is 0 Å². The van der Waals surface area contributed by atoms with Gasteiger partial charge >= 0.3 is 0 Å². The second kappa shape index (κ2) is 3.43. The Morgan fingerprint density at radius 1 is 1.14 bits per heavy atom. The molecule has 0 saturated heterocycles. The minimum absolute atomic E-state index is 0.830. The minimum atomic E-state index is 0.830. The van der Waals surface area contributed by atoms with Gasteiger partial charge in [0.1, 0.15) is 11.5 Å². The van der Waals surface area contributed by atoms with Gasteiger partial charge in [-0.05, 0) is 31.2 Å². The van der Waals surface area contributed by atoms with Crippen LogP contribution in [0.15, 0.2) is 40.8 Å². The summed E-state index contributed by atoms with van der Waals surface area (Å²) >= 11 is 0. The first-order valence-electron chi connectivity index (χ1n) is 4.43. The second-order valence-corrected chi connectivity index (χ2v) is 3.10. The van der Waals surface area contributed by atoms with Crippen LogP contribution in [-0.2, 0) is 0 Å². The molecule has 1 nitrogen and oxygen atoms in total. The summed E-state index contributed by atoms with van der Waals surface area (Å²) in [5.74, 6) is 4.37. The van der Waals surface area contributed by atoms with Gasteiger partial charge in [0.15, 0.2) is 0 Å². The van der Waals surface area contributed by atoms with E-state index in [1.807, 2.05) is 43.3 Å². The van der Waals surface area contributed by atoms with Gasteiger partial charge in [-0.3, -0.25) is 0 Å². The Morgan fingerprint density at radius 3 is 2.57 bits per heavy atom. The third-order valence-corrected chi connectivity index (χ3v) is 2.09. The molecule has 0 N–H and O–H groups in total. The summed E-state index contributed by atoms with van der Waals surface area (Å²) in [5.41, 5.74) is 1.84. The molecule has 0 aliphatic heterocycles. The van der Waals surface area contributed by atoms with Crippen LogP contribution in [0.4, 0.5) is 0 Å². The van der Waals surface area contributed by atoms with E-state index in [0.29, 0.717) is 0 Å². The Kier molecular flexibility index (Phi) is 2.12. The van der Waals surface area contributed by atoms with Crippen molar-refractivity contribution in [3.05, 3.63) is 47.7 Å². The molecule has 0 saturated carbocycles. The molecule has 0 unspecified atom stereocenters. The molecule has 1 aromatic heterocycles. The first-order chi connectivity index (χ1) is 6.81. The fourth-order valence-corrected chi connectivity index (χ4v) is 1.40. The summed E-state index contributed by atoms with van der Waals surface area (Å²) < 4.78 is 5.52. The average molecular weight is 182 g/mol. The number of aryl methyl sites for hydroxylation is 1. The smallest absolute Gasteiger partial charge is 0.135 e. The summed E-state index contributed by atoms with van der Waals surface area (Å²) in [6, 6.07) is 11.6. The van der Waals surface area contributed by atoms with Crippen molar-refractivity contribution in [2.75, 3.05) is 0 Å². The largest absolute Gasteiger partial charge is 0.461 e. The summed E-state index contributed by atoms with van der Waals surface area (Å²) in [5, 5.41) is 0. The number of hydrogen-bond acceptors (Lipinski definition) is 1. The molecular formula is C13H10O. The topological polar surface area (TPSA) is 13.1 Å². The Hall–Kier alpha value is -1.94. The molecule has 0 radical (unpaired) electrons. The van der Waals surface area contributed by atoms with Gasteiger partial charge < -0.3 is 4.42 Å². The normalized spacial score (nSPS) is 9.71. The first kappa shape index (κ1) is 8.65. The highest BCUT2D eigenvalue weighted by molar-refractivity contribution is 5.66. The summed E-state index contributed by atoms with van der Waals surface area (Å²) in [7, 11) is 0. The summed E-state index contributed by atoms with van der Waals surface area (Å²) in [4.78, 5) is 0. The lowest BCUT2D eigenvalue weighted by Gasteiger charge is -1.99. The average Bonchev–Trinajstić information content (AvgIpc) is 2.65. The molecule has 2 aromatic rings. The summed E-state index contributed by atoms with van der Waals surface area (Å²) in [6.45, 7) is 1.92. The lowest BCUT2D eigenvalue weighted by molar-refractivity contribution is 0.548. The van der Waals surface area contributed by atoms with Crippen molar-refractivity contribution in [3.63, 3.8) is 0 Å². The number of furan rings is 1. The number of benzene rings is 1. The molecule has 1 heterocycles. The van der Waals surface area contributed by atoms with Gasteiger partial charge in [-0.1, -0.05) is 18.1 Å². The van der Waals surface area contributed by atoms with Gasteiger partial charge in [-0.25, -0.2) is 0 Å². The monoisotopic (exact) mass is 182 g/mol. The van der Waals surface area contributed by atoms with E-state index in [2.05, 4.69) is 5.92 Å². The molecule has 0 fully saturated rings. The third kappa shape index (κ3) is 1.43. The van der Waals surface area contributed by atoms with Crippen molar-refractivity contribution in [2.45, 2.75) is 6.92 Å². The number of terminal acetylenes is 1. The van der Waals surface area contributed by atoms with Crippen LogP contribution < -0.4 is 0 Å². The van der Waals surface area contributed by atoms with Crippen molar-refractivity contribution < 1.29 is 4.42 Å². The SMILES string of the molecule is C#Cc1ccccc1-c1ccc(C)o1. The molecule has 1 aromatic carbocycles. The highest BCUT2D eigenvalue weighted by atomic mass is 16.3. The number of rotatable bonds is 1. The minimum Gasteiger partial charge on any atom is -0.461 e. The molecule has 2 rings (SSSR count). The van der Waals surface area contributed by atoms with E-state index in [1.165, 1.54) is 0 Å². The molecule has 0 spiro atoms. The van der Waals surface area contributed by atoms with Crippen molar-refractivity contribution >= 4 is 0 Å². The van der Waals surface area contributed by atoms with Gasteiger partial charge in [0.05, 0.1) is 0 Å². The fourth-order valence-electron chi connectivity index (χ4n) is 1.40. The zero-order chi connectivity index (χ0) is 9.97. The van der Waals surface area contributed by atoms with Crippen molar-refractivity contribution in [3.8, 4) is 23.7 Å². The van der Waals surface area contributed by atoms with Gasteiger partial charge in [0.25, 0.3) is 0 Å². The van der Waals surface area contributed by atoms with E-state index in [0.717, 1.165) is 22.6 Å². The van der Waals surface area contributed by atoms with E-state index < -0.39 is 0 Å². The van der Waals surface area contributed by atoms with E-state index in [4.69, 9.17) is 10.8 Å². The molecule has 68 valence electrons. The first-order valence-corrected chi connectivity index (χ1v) is 4.43. The maximum absolute atomic E-state index is 5.52. The zero-order valence-electron chi connectivity index (χ0n) is 7.95. The van der Waals surface area contributed by atoms with E-state index in [9.17, 15) is 0 Å². The predicted molar refractivity (Wildman–Crippen MR) is 56.8 cm³/mol. The Morgan fingerprint density at radius 2 is 1.93 bits per heavy atom. The van der Waals surface area contributed by atoms with Gasteiger partial charge in [0, 0.05) is 11.1 Å². The van der Waals surface area contributed by atoms with Crippen LogP contribution >= 0.6 is 0 Å². The lowest BCUT2D eigenvalue weighted by atomic mass is 10.1. The number of hydrogen-bond donors (Lipinski definition) is 0. The van der Waals surface area contributed by atoms with E-state index >= 15 is 0 Å². The highest BCUT2D eigenvalue weighted by Crippen LogP contribution is 2.24. The van der Waals surface area contributed by atoms with Crippen LogP contribution in [0, 0.1) is 19.3 Å². The second-order valence-electron chi connectivity index (χ2n) is 3.10. The van der Waals surface area contributed by atoms with Crippen LogP contribution in [0.3, 0.4) is 0 Å². The molecular weight excluding hydrogens is 172 g/mol. The van der Waals surface area contributed by atoms with Crippen LogP contribution in [0.5, 0.6) is 0 Å².